The molecule has 1 heterocycles. The van der Waals surface area contributed by atoms with Crippen molar-refractivity contribution in [2.75, 3.05) is 19.8 Å². The van der Waals surface area contributed by atoms with Gasteiger partial charge in [0.15, 0.2) is 6.29 Å². The second kappa shape index (κ2) is 64.9. The maximum Gasteiger partial charge on any atom is 0.305 e. The molecule has 0 aromatic rings. The van der Waals surface area contributed by atoms with E-state index >= 15 is 0 Å². The minimum atomic E-state index is -1.58. The molecule has 0 aliphatic carbocycles. The van der Waals surface area contributed by atoms with Crippen LogP contribution in [0.1, 0.15) is 348 Å². The lowest BCUT2D eigenvalue weighted by Gasteiger charge is -2.40. The minimum absolute atomic E-state index is 0.00185. The molecule has 1 saturated heterocycles. The summed E-state index contributed by atoms with van der Waals surface area (Å²) in [4.78, 5) is 25.1. The van der Waals surface area contributed by atoms with E-state index in [0.29, 0.717) is 19.4 Å². The molecule has 0 aromatic heterocycles. The second-order valence-corrected chi connectivity index (χ2v) is 25.6. The predicted octanol–water partition coefficient (Wildman–Crippen LogP) is 19.3. The number of nitrogens with one attached hydrogen (secondary N) is 1. The first-order valence-electron chi connectivity index (χ1n) is 37.1. The Hall–Kier alpha value is -2.64. The first-order chi connectivity index (χ1) is 42.7. The van der Waals surface area contributed by atoms with Crippen molar-refractivity contribution in [2.24, 2.45) is 0 Å². The summed E-state index contributed by atoms with van der Waals surface area (Å²) in [5.74, 6) is -0.190. The van der Waals surface area contributed by atoms with Crippen molar-refractivity contribution in [1.29, 1.82) is 0 Å². The third-order valence-corrected chi connectivity index (χ3v) is 17.3. The molecule has 7 unspecified atom stereocenters. The van der Waals surface area contributed by atoms with Crippen molar-refractivity contribution in [3.8, 4) is 0 Å². The number of amides is 1. The highest BCUT2D eigenvalue weighted by Gasteiger charge is 2.44. The average molecular weight is 1230 g/mol. The number of carbonyl (C=O) groups is 2. The number of aliphatic hydroxyl groups is 5. The quantitative estimate of drug-likeness (QED) is 0.0195. The molecule has 1 aliphatic rings. The topological polar surface area (TPSA) is 175 Å². The van der Waals surface area contributed by atoms with Crippen LogP contribution in [0, 0.1) is 0 Å². The summed E-state index contributed by atoms with van der Waals surface area (Å²) < 4.78 is 16.7. The second-order valence-electron chi connectivity index (χ2n) is 25.6. The van der Waals surface area contributed by atoms with Gasteiger partial charge in [-0.05, 0) is 103 Å². The molecule has 0 radical (unpaired) electrons. The van der Waals surface area contributed by atoms with Crippen molar-refractivity contribution >= 4 is 11.9 Å². The van der Waals surface area contributed by atoms with Gasteiger partial charge in [-0.3, -0.25) is 9.59 Å². The molecule has 1 rings (SSSR count). The van der Waals surface area contributed by atoms with Gasteiger partial charge >= 0.3 is 5.97 Å². The molecular formula is C76H139NO10. The van der Waals surface area contributed by atoms with Crippen LogP contribution >= 0.6 is 0 Å². The molecule has 1 fully saturated rings. The summed E-state index contributed by atoms with van der Waals surface area (Å²) in [6.45, 7) is 4.29. The van der Waals surface area contributed by atoms with Crippen LogP contribution in [0.15, 0.2) is 60.8 Å². The molecule has 0 spiro atoms. The highest BCUT2D eigenvalue weighted by atomic mass is 16.7. The van der Waals surface area contributed by atoms with E-state index in [1.165, 1.54) is 257 Å². The third kappa shape index (κ3) is 53.7. The molecule has 11 heteroatoms. The summed E-state index contributed by atoms with van der Waals surface area (Å²) >= 11 is 0. The Morgan fingerprint density at radius 2 is 0.782 bits per heavy atom. The van der Waals surface area contributed by atoms with Gasteiger partial charge in [0, 0.05) is 12.8 Å². The fraction of sp³-hybridized carbons (Fsp3) is 0.842. The van der Waals surface area contributed by atoms with E-state index in [0.717, 1.165) is 64.2 Å². The standard InChI is InChI=1S/C76H139NO10/c1-3-5-7-9-11-13-14-15-37-41-44-48-52-56-60-64-72(81)85-65-61-57-53-49-45-42-39-36-34-32-30-28-26-24-22-20-18-16-17-19-21-23-25-27-29-31-33-35-38-40-43-47-51-55-59-63-71(80)77-68(69(79)62-58-54-50-46-12-10-8-6-4-2)67-86-76-75(84)74(83)73(82)70(66-78)87-76/h12,15,18,20,24,26,37,46,58,62,68-70,73-76,78-79,82-84H,3-11,13-14,16-17,19,21-23,25,27-36,38-45,47-57,59-61,63-67H2,1-2H3,(H,77,80)/b20-18-,26-24-,37-15-,46-12+,62-58+. The number of allylic oxidation sites excluding steroid dienone is 9. The first kappa shape index (κ1) is 82.4. The molecule has 508 valence electrons. The van der Waals surface area contributed by atoms with E-state index in [-0.39, 0.29) is 18.5 Å². The summed E-state index contributed by atoms with van der Waals surface area (Å²) in [7, 11) is 0. The van der Waals surface area contributed by atoms with Gasteiger partial charge in [0.25, 0.3) is 0 Å². The molecule has 1 aliphatic heterocycles. The Labute approximate surface area is 535 Å². The number of rotatable bonds is 65. The van der Waals surface area contributed by atoms with Gasteiger partial charge < -0.3 is 45.1 Å². The molecule has 87 heavy (non-hydrogen) atoms. The number of carbonyl (C=O) groups excluding carboxylic acids is 2. The van der Waals surface area contributed by atoms with E-state index < -0.39 is 49.5 Å². The summed E-state index contributed by atoms with van der Waals surface area (Å²) in [6.07, 6.45) is 76.8. The molecule has 1 amide bonds. The van der Waals surface area contributed by atoms with E-state index in [2.05, 4.69) is 67.8 Å². The van der Waals surface area contributed by atoms with Crippen LogP contribution in [0.3, 0.4) is 0 Å². The van der Waals surface area contributed by atoms with Gasteiger partial charge in [-0.25, -0.2) is 0 Å². The van der Waals surface area contributed by atoms with Crippen molar-refractivity contribution < 1.29 is 49.3 Å². The third-order valence-electron chi connectivity index (χ3n) is 17.3. The normalized spacial score (nSPS) is 18.2. The largest absolute Gasteiger partial charge is 0.466 e. The monoisotopic (exact) mass is 1230 g/mol. The predicted molar refractivity (Wildman–Crippen MR) is 366 cm³/mol. The van der Waals surface area contributed by atoms with Gasteiger partial charge in [0.1, 0.15) is 24.4 Å². The van der Waals surface area contributed by atoms with Crippen LogP contribution in [0.5, 0.6) is 0 Å². The lowest BCUT2D eigenvalue weighted by molar-refractivity contribution is -0.302. The van der Waals surface area contributed by atoms with E-state index in [1.807, 2.05) is 6.08 Å². The number of aliphatic hydroxyl groups excluding tert-OH is 5. The highest BCUT2D eigenvalue weighted by Crippen LogP contribution is 2.23. The molecule has 7 atom stereocenters. The zero-order valence-electron chi connectivity index (χ0n) is 56.5. The maximum absolute atomic E-state index is 13.0. The van der Waals surface area contributed by atoms with Crippen molar-refractivity contribution in [3.63, 3.8) is 0 Å². The Morgan fingerprint density at radius 3 is 1.23 bits per heavy atom. The van der Waals surface area contributed by atoms with Crippen LogP contribution in [0.25, 0.3) is 0 Å². The number of hydrogen-bond donors (Lipinski definition) is 6. The molecule has 0 aromatic carbocycles. The first-order valence-corrected chi connectivity index (χ1v) is 37.1. The summed E-state index contributed by atoms with van der Waals surface area (Å²) in [5.41, 5.74) is 0. The van der Waals surface area contributed by atoms with Crippen LogP contribution in [-0.4, -0.2) is 100 Å². The Bertz CT molecular complexity index is 1630. The molecule has 6 N–H and O–H groups in total. The average Bonchev–Trinajstić information content (AvgIpc) is 2.79. The van der Waals surface area contributed by atoms with Crippen molar-refractivity contribution in [3.05, 3.63) is 60.8 Å². The number of ether oxygens (including phenoxy) is 3. The number of esters is 1. The van der Waals surface area contributed by atoms with Gasteiger partial charge in [-0.2, -0.15) is 0 Å². The zero-order valence-corrected chi connectivity index (χ0v) is 56.5. The van der Waals surface area contributed by atoms with Crippen molar-refractivity contribution in [2.45, 2.75) is 391 Å². The Kier molecular flexibility index (Phi) is 61.4. The van der Waals surface area contributed by atoms with Gasteiger partial charge in [0.2, 0.25) is 5.91 Å². The Morgan fingerprint density at radius 1 is 0.425 bits per heavy atom. The molecule has 11 nitrogen and oxygen atoms in total. The summed E-state index contributed by atoms with van der Waals surface area (Å²) in [5, 5.41) is 54.3. The lowest BCUT2D eigenvalue weighted by atomic mass is 9.99. The number of unbranched alkanes of at least 4 members (excludes halogenated alkanes) is 43. The van der Waals surface area contributed by atoms with Crippen LogP contribution in [0.4, 0.5) is 0 Å². The van der Waals surface area contributed by atoms with Crippen LogP contribution in [-0.2, 0) is 23.8 Å². The zero-order chi connectivity index (χ0) is 63.0. The van der Waals surface area contributed by atoms with Crippen LogP contribution < -0.4 is 5.32 Å². The lowest BCUT2D eigenvalue weighted by Crippen LogP contribution is -2.60. The van der Waals surface area contributed by atoms with Crippen molar-refractivity contribution in [1.82, 2.24) is 5.32 Å². The fourth-order valence-electron chi connectivity index (χ4n) is 11.5. The molecule has 0 bridgehead atoms. The molecule has 0 saturated carbocycles. The van der Waals surface area contributed by atoms with Gasteiger partial charge in [-0.1, -0.05) is 293 Å². The Balaban J connectivity index is 1.90. The fourth-order valence-corrected chi connectivity index (χ4v) is 11.5. The summed E-state index contributed by atoms with van der Waals surface area (Å²) in [6, 6.07) is -0.825. The maximum atomic E-state index is 13.0. The van der Waals surface area contributed by atoms with E-state index in [1.54, 1.807) is 6.08 Å². The molecular weight excluding hydrogens is 1090 g/mol. The SMILES string of the molecule is CCCCC/C=C/CC/C=C/C(O)C(COC1OC(CO)C(O)C(O)C1O)NC(=O)CCCCCCCCCCCCCCCCCCC/C=C\C/C=C\CCCCCCCCCCCCCOC(=O)CCCCCCC/C=C\CCCCCCCC. The van der Waals surface area contributed by atoms with Gasteiger partial charge in [0.05, 0.1) is 32.0 Å². The smallest absolute Gasteiger partial charge is 0.305 e. The van der Waals surface area contributed by atoms with E-state index in [9.17, 15) is 35.1 Å². The van der Waals surface area contributed by atoms with E-state index in [4.69, 9.17) is 14.2 Å². The van der Waals surface area contributed by atoms with Crippen LogP contribution in [0.2, 0.25) is 0 Å². The number of hydrogen-bond acceptors (Lipinski definition) is 10. The highest BCUT2D eigenvalue weighted by molar-refractivity contribution is 5.76. The van der Waals surface area contributed by atoms with Gasteiger partial charge in [-0.15, -0.1) is 0 Å². The minimum Gasteiger partial charge on any atom is -0.466 e.